The minimum absolute atomic E-state index is 0.0577. The van der Waals surface area contributed by atoms with E-state index in [9.17, 15) is 4.79 Å². The summed E-state index contributed by atoms with van der Waals surface area (Å²) in [6.45, 7) is 2.40. The second-order valence-corrected chi connectivity index (χ2v) is 4.81. The zero-order chi connectivity index (χ0) is 15.1. The first-order valence-electron chi connectivity index (χ1n) is 6.69. The molecule has 0 aliphatic rings. The minimum atomic E-state index is 0.0577. The number of benzene rings is 1. The Morgan fingerprint density at radius 3 is 2.25 bits per heavy atom. The smallest absolute Gasteiger partial charge is 0.222 e. The highest BCUT2D eigenvalue weighted by molar-refractivity contribution is 5.76. The van der Waals surface area contributed by atoms with Crippen LogP contribution in [0.1, 0.15) is 18.9 Å². The van der Waals surface area contributed by atoms with Crippen molar-refractivity contribution in [2.45, 2.75) is 25.8 Å². The average molecular weight is 280 g/mol. The summed E-state index contributed by atoms with van der Waals surface area (Å²) in [7, 11) is 5.01. The van der Waals surface area contributed by atoms with E-state index in [1.54, 1.807) is 26.2 Å². The number of aryl methyl sites for hydroxylation is 1. The Bertz CT molecular complexity index is 426. The normalized spacial score (nSPS) is 11.8. The molecular formula is C15H24N2O3. The number of carbonyl (C=O) groups is 1. The van der Waals surface area contributed by atoms with Crippen LogP contribution in [0, 0.1) is 0 Å². The van der Waals surface area contributed by atoms with Gasteiger partial charge in [0.15, 0.2) is 0 Å². The third kappa shape index (κ3) is 4.42. The fourth-order valence-electron chi connectivity index (χ4n) is 1.84. The maximum Gasteiger partial charge on any atom is 0.222 e. The Morgan fingerprint density at radius 1 is 1.25 bits per heavy atom. The van der Waals surface area contributed by atoms with Gasteiger partial charge in [0.1, 0.15) is 11.5 Å². The second-order valence-electron chi connectivity index (χ2n) is 4.81. The minimum Gasteiger partial charge on any atom is -0.497 e. The third-order valence-corrected chi connectivity index (χ3v) is 3.43. The molecule has 112 valence electrons. The number of ether oxygens (including phenoxy) is 2. The molecule has 0 fully saturated rings. The first-order valence-corrected chi connectivity index (χ1v) is 6.69. The van der Waals surface area contributed by atoms with Gasteiger partial charge in [-0.15, -0.1) is 0 Å². The number of likely N-dealkylation sites (N-methyl/N-ethyl adjacent to an activating group) is 1. The molecule has 5 heteroatoms. The topological polar surface area (TPSA) is 64.8 Å². The van der Waals surface area contributed by atoms with Crippen LogP contribution in [0.25, 0.3) is 0 Å². The predicted octanol–water partition coefficient (Wildman–Crippen LogP) is 1.44. The summed E-state index contributed by atoms with van der Waals surface area (Å²) in [6.07, 6.45) is 1.09. The predicted molar refractivity (Wildman–Crippen MR) is 79.2 cm³/mol. The molecule has 1 unspecified atom stereocenters. The van der Waals surface area contributed by atoms with E-state index in [4.69, 9.17) is 15.2 Å². The van der Waals surface area contributed by atoms with Gasteiger partial charge in [0.25, 0.3) is 0 Å². The standard InChI is InChI=1S/C15H24N2O3/c1-11(10-16)17(2)15(18)6-5-12-7-13(19-3)9-14(8-12)20-4/h7-9,11H,5-6,10,16H2,1-4H3. The molecule has 0 saturated carbocycles. The van der Waals surface area contributed by atoms with Crippen molar-refractivity contribution in [1.29, 1.82) is 0 Å². The first kappa shape index (κ1) is 16.3. The number of hydrogen-bond acceptors (Lipinski definition) is 4. The van der Waals surface area contributed by atoms with E-state index in [1.807, 2.05) is 25.1 Å². The Hall–Kier alpha value is -1.75. The maximum absolute atomic E-state index is 12.0. The van der Waals surface area contributed by atoms with Crippen molar-refractivity contribution in [2.24, 2.45) is 5.73 Å². The van der Waals surface area contributed by atoms with Gasteiger partial charge in [-0.25, -0.2) is 0 Å². The van der Waals surface area contributed by atoms with Gasteiger partial charge in [-0.05, 0) is 31.0 Å². The van der Waals surface area contributed by atoms with Crippen LogP contribution in [0.4, 0.5) is 0 Å². The lowest BCUT2D eigenvalue weighted by molar-refractivity contribution is -0.131. The summed E-state index contributed by atoms with van der Waals surface area (Å²) < 4.78 is 10.4. The highest BCUT2D eigenvalue weighted by Gasteiger charge is 2.14. The van der Waals surface area contributed by atoms with E-state index in [0.717, 1.165) is 17.1 Å². The van der Waals surface area contributed by atoms with Crippen LogP contribution in [-0.2, 0) is 11.2 Å². The summed E-state index contributed by atoms with van der Waals surface area (Å²) in [6, 6.07) is 5.71. The van der Waals surface area contributed by atoms with E-state index in [-0.39, 0.29) is 11.9 Å². The van der Waals surface area contributed by atoms with Gasteiger partial charge >= 0.3 is 0 Å². The van der Waals surface area contributed by atoms with Crippen LogP contribution in [0.2, 0.25) is 0 Å². The third-order valence-electron chi connectivity index (χ3n) is 3.43. The fourth-order valence-corrected chi connectivity index (χ4v) is 1.84. The summed E-state index contributed by atoms with van der Waals surface area (Å²) in [5.74, 6) is 1.55. The van der Waals surface area contributed by atoms with Crippen molar-refractivity contribution in [2.75, 3.05) is 27.8 Å². The summed E-state index contributed by atoms with van der Waals surface area (Å²) in [5, 5.41) is 0. The first-order chi connectivity index (χ1) is 9.51. The number of amides is 1. The number of methoxy groups -OCH3 is 2. The monoisotopic (exact) mass is 280 g/mol. The lowest BCUT2D eigenvalue weighted by atomic mass is 10.1. The molecule has 0 aliphatic heterocycles. The molecule has 0 heterocycles. The lowest BCUT2D eigenvalue weighted by Crippen LogP contribution is -2.39. The summed E-state index contributed by atoms with van der Waals surface area (Å²) in [5.41, 5.74) is 6.58. The maximum atomic E-state index is 12.0. The van der Waals surface area contributed by atoms with E-state index in [1.165, 1.54) is 0 Å². The van der Waals surface area contributed by atoms with Gasteiger partial charge < -0.3 is 20.1 Å². The number of nitrogens with zero attached hydrogens (tertiary/aromatic N) is 1. The molecule has 0 aliphatic carbocycles. The number of carbonyl (C=O) groups excluding carboxylic acids is 1. The molecule has 1 aromatic carbocycles. The van der Waals surface area contributed by atoms with Gasteiger partial charge in [-0.3, -0.25) is 4.79 Å². The van der Waals surface area contributed by atoms with Gasteiger partial charge in [0.05, 0.1) is 14.2 Å². The highest BCUT2D eigenvalue weighted by Crippen LogP contribution is 2.23. The van der Waals surface area contributed by atoms with Crippen molar-refractivity contribution >= 4 is 5.91 Å². The Kier molecular flexibility index (Phi) is 6.31. The molecule has 1 amide bonds. The van der Waals surface area contributed by atoms with Crippen LogP contribution in [0.5, 0.6) is 11.5 Å². The van der Waals surface area contributed by atoms with E-state index >= 15 is 0 Å². The molecule has 0 radical (unpaired) electrons. The molecule has 0 spiro atoms. The Labute approximate surface area is 120 Å². The molecule has 0 bridgehead atoms. The Balaban J connectivity index is 2.67. The van der Waals surface area contributed by atoms with Crippen LogP contribution in [0.15, 0.2) is 18.2 Å². The molecule has 1 aromatic rings. The highest BCUT2D eigenvalue weighted by atomic mass is 16.5. The van der Waals surface area contributed by atoms with Gasteiger partial charge in [0, 0.05) is 32.1 Å². The lowest BCUT2D eigenvalue weighted by Gasteiger charge is -2.23. The van der Waals surface area contributed by atoms with Crippen molar-refractivity contribution < 1.29 is 14.3 Å². The quantitative estimate of drug-likeness (QED) is 0.821. The van der Waals surface area contributed by atoms with Crippen molar-refractivity contribution in [3.05, 3.63) is 23.8 Å². The van der Waals surface area contributed by atoms with Crippen molar-refractivity contribution in [3.8, 4) is 11.5 Å². The number of nitrogens with two attached hydrogens (primary N) is 1. The molecule has 5 nitrogen and oxygen atoms in total. The molecular weight excluding hydrogens is 256 g/mol. The molecule has 1 rings (SSSR count). The second kappa shape index (κ2) is 7.75. The van der Waals surface area contributed by atoms with E-state index in [2.05, 4.69) is 0 Å². The molecule has 2 N–H and O–H groups in total. The summed E-state index contributed by atoms with van der Waals surface area (Å²) >= 11 is 0. The van der Waals surface area contributed by atoms with Gasteiger partial charge in [-0.2, -0.15) is 0 Å². The average Bonchev–Trinajstić information content (AvgIpc) is 2.50. The Morgan fingerprint density at radius 2 is 1.80 bits per heavy atom. The largest absolute Gasteiger partial charge is 0.497 e. The fraction of sp³-hybridized carbons (Fsp3) is 0.533. The van der Waals surface area contributed by atoms with Crippen LogP contribution in [-0.4, -0.2) is 44.7 Å². The van der Waals surface area contributed by atoms with Gasteiger partial charge in [0.2, 0.25) is 5.91 Å². The molecule has 0 saturated heterocycles. The number of hydrogen-bond donors (Lipinski definition) is 1. The van der Waals surface area contributed by atoms with Crippen LogP contribution in [0.3, 0.4) is 0 Å². The van der Waals surface area contributed by atoms with Crippen molar-refractivity contribution in [3.63, 3.8) is 0 Å². The molecule has 0 aromatic heterocycles. The van der Waals surface area contributed by atoms with Crippen molar-refractivity contribution in [1.82, 2.24) is 4.90 Å². The zero-order valence-electron chi connectivity index (χ0n) is 12.7. The molecule has 1 atom stereocenters. The van der Waals surface area contributed by atoms with Crippen LogP contribution < -0.4 is 15.2 Å². The van der Waals surface area contributed by atoms with Gasteiger partial charge in [-0.1, -0.05) is 0 Å². The SMILES string of the molecule is COc1cc(CCC(=O)N(C)C(C)CN)cc(OC)c1. The number of rotatable bonds is 7. The molecule has 20 heavy (non-hydrogen) atoms. The zero-order valence-corrected chi connectivity index (χ0v) is 12.7. The van der Waals surface area contributed by atoms with E-state index in [0.29, 0.717) is 19.4 Å². The summed E-state index contributed by atoms with van der Waals surface area (Å²) in [4.78, 5) is 13.7. The van der Waals surface area contributed by atoms with Crippen LogP contribution >= 0.6 is 0 Å². The van der Waals surface area contributed by atoms with E-state index < -0.39 is 0 Å².